The van der Waals surface area contributed by atoms with Gasteiger partial charge in [0.1, 0.15) is 6.54 Å². The summed E-state index contributed by atoms with van der Waals surface area (Å²) >= 11 is 0. The molecule has 1 saturated carbocycles. The van der Waals surface area contributed by atoms with E-state index in [0.29, 0.717) is 17.4 Å². The fourth-order valence-corrected chi connectivity index (χ4v) is 6.28. The second-order valence-corrected chi connectivity index (χ2v) is 10.2. The molecule has 8 nitrogen and oxygen atoms in total. The van der Waals surface area contributed by atoms with Crippen LogP contribution in [0.4, 0.5) is 0 Å². The molecule has 1 aromatic heterocycles. The van der Waals surface area contributed by atoms with Crippen molar-refractivity contribution in [2.45, 2.75) is 75.4 Å². The van der Waals surface area contributed by atoms with Crippen molar-refractivity contribution in [2.24, 2.45) is 0 Å². The third kappa shape index (κ3) is 4.13. The number of nitrogens with one attached hydrogen (secondary N) is 1. The molecule has 1 saturated heterocycles. The van der Waals surface area contributed by atoms with Crippen LogP contribution in [-0.2, 0) is 21.4 Å². The van der Waals surface area contributed by atoms with Crippen LogP contribution in [0.25, 0.3) is 10.9 Å². The highest BCUT2D eigenvalue weighted by atomic mass is 32.2. The molecule has 1 aliphatic carbocycles. The van der Waals surface area contributed by atoms with Crippen molar-refractivity contribution in [1.82, 2.24) is 19.2 Å². The Bertz CT molecular complexity index is 1110. The summed E-state index contributed by atoms with van der Waals surface area (Å²) in [6.45, 7) is 2.31. The van der Waals surface area contributed by atoms with Crippen LogP contribution in [-0.4, -0.2) is 46.8 Å². The molecule has 2 aliphatic rings. The van der Waals surface area contributed by atoms with Gasteiger partial charge in [-0.1, -0.05) is 19.3 Å². The zero-order valence-corrected chi connectivity index (χ0v) is 18.0. The van der Waals surface area contributed by atoms with E-state index in [2.05, 4.69) is 10.3 Å². The van der Waals surface area contributed by atoms with E-state index in [9.17, 15) is 18.0 Å². The molecule has 30 heavy (non-hydrogen) atoms. The number of nitrogens with zero attached hydrogens (tertiary/aromatic N) is 3. The SMILES string of the molecule is C[C@@H]1CCCCN1S(=O)(=O)c1ccc2c(cnc(=O)n2CC(=O)NC2CCCC2)c1. The van der Waals surface area contributed by atoms with Crippen molar-refractivity contribution in [3.05, 3.63) is 34.9 Å². The fraction of sp³-hybridized carbons (Fsp3) is 0.571. The van der Waals surface area contributed by atoms with E-state index in [1.165, 1.54) is 16.8 Å². The Morgan fingerprint density at radius 2 is 1.90 bits per heavy atom. The van der Waals surface area contributed by atoms with E-state index < -0.39 is 15.7 Å². The highest BCUT2D eigenvalue weighted by Crippen LogP contribution is 2.27. The lowest BCUT2D eigenvalue weighted by atomic mass is 10.1. The van der Waals surface area contributed by atoms with E-state index in [1.807, 2.05) is 6.92 Å². The first-order valence-electron chi connectivity index (χ1n) is 10.7. The molecular weight excluding hydrogens is 404 g/mol. The molecule has 1 aliphatic heterocycles. The summed E-state index contributed by atoms with van der Waals surface area (Å²) in [7, 11) is -3.63. The lowest BCUT2D eigenvalue weighted by Gasteiger charge is -2.32. The number of carbonyl (C=O) groups excluding carboxylic acids is 1. The maximum atomic E-state index is 13.1. The number of hydrogen-bond donors (Lipinski definition) is 1. The molecule has 1 amide bonds. The molecule has 2 aromatic rings. The summed E-state index contributed by atoms with van der Waals surface area (Å²) in [5, 5.41) is 3.50. The molecule has 0 unspecified atom stereocenters. The van der Waals surface area contributed by atoms with Gasteiger partial charge in [-0.2, -0.15) is 4.31 Å². The van der Waals surface area contributed by atoms with Gasteiger partial charge >= 0.3 is 5.69 Å². The topological polar surface area (TPSA) is 101 Å². The summed E-state index contributed by atoms with van der Waals surface area (Å²) in [5.74, 6) is -0.225. The van der Waals surface area contributed by atoms with Crippen LogP contribution in [0.15, 0.2) is 34.1 Å². The minimum Gasteiger partial charge on any atom is -0.352 e. The van der Waals surface area contributed by atoms with E-state index >= 15 is 0 Å². The molecule has 2 fully saturated rings. The molecule has 1 aromatic carbocycles. The summed E-state index contributed by atoms with van der Waals surface area (Å²) in [6.07, 6.45) is 8.25. The molecule has 0 bridgehead atoms. The first-order chi connectivity index (χ1) is 14.4. The summed E-state index contributed by atoms with van der Waals surface area (Å²) in [5.41, 5.74) is -0.0217. The van der Waals surface area contributed by atoms with Gasteiger partial charge in [-0.15, -0.1) is 0 Å². The molecule has 162 valence electrons. The molecule has 1 atom stereocenters. The number of amides is 1. The molecular formula is C21H28N4O4S. The molecule has 4 rings (SSSR count). The Balaban J connectivity index is 1.63. The van der Waals surface area contributed by atoms with E-state index in [0.717, 1.165) is 44.9 Å². The van der Waals surface area contributed by atoms with Crippen molar-refractivity contribution in [1.29, 1.82) is 0 Å². The van der Waals surface area contributed by atoms with Crippen molar-refractivity contribution in [3.63, 3.8) is 0 Å². The van der Waals surface area contributed by atoms with Crippen LogP contribution >= 0.6 is 0 Å². The maximum Gasteiger partial charge on any atom is 0.348 e. The Hall–Kier alpha value is -2.26. The van der Waals surface area contributed by atoms with Crippen molar-refractivity contribution >= 4 is 26.8 Å². The predicted molar refractivity (Wildman–Crippen MR) is 114 cm³/mol. The Kier molecular flexibility index (Phi) is 5.92. The van der Waals surface area contributed by atoms with Gasteiger partial charge < -0.3 is 5.32 Å². The first-order valence-corrected chi connectivity index (χ1v) is 12.1. The fourth-order valence-electron chi connectivity index (χ4n) is 4.54. The number of carbonyl (C=O) groups is 1. The summed E-state index contributed by atoms with van der Waals surface area (Å²) in [6, 6.07) is 4.79. The van der Waals surface area contributed by atoms with Gasteiger partial charge in [-0.05, 0) is 50.8 Å². The lowest BCUT2D eigenvalue weighted by Crippen LogP contribution is -2.41. The smallest absolute Gasteiger partial charge is 0.348 e. The number of rotatable bonds is 5. The van der Waals surface area contributed by atoms with Gasteiger partial charge in [0.25, 0.3) is 0 Å². The standard InChI is InChI=1S/C21H28N4O4S/c1-15-6-4-5-11-25(15)30(28,29)18-9-10-19-16(12-18)13-22-21(27)24(19)14-20(26)23-17-7-2-3-8-17/h9-10,12-13,15,17H,2-8,11,14H2,1H3,(H,23,26)/t15-/m1/s1. The lowest BCUT2D eigenvalue weighted by molar-refractivity contribution is -0.122. The van der Waals surface area contributed by atoms with Crippen LogP contribution in [0.5, 0.6) is 0 Å². The quantitative estimate of drug-likeness (QED) is 0.779. The number of hydrogen-bond acceptors (Lipinski definition) is 5. The zero-order valence-electron chi connectivity index (χ0n) is 17.2. The maximum absolute atomic E-state index is 13.1. The number of fused-ring (bicyclic) bond motifs is 1. The Morgan fingerprint density at radius 1 is 1.17 bits per heavy atom. The molecule has 0 spiro atoms. The van der Waals surface area contributed by atoms with Gasteiger partial charge in [0.2, 0.25) is 15.9 Å². The summed E-state index contributed by atoms with van der Waals surface area (Å²) in [4.78, 5) is 28.8. The first kappa shape index (κ1) is 21.0. The Labute approximate surface area is 176 Å². The number of piperidine rings is 1. The molecule has 2 heterocycles. The van der Waals surface area contributed by atoms with Crippen molar-refractivity contribution in [2.75, 3.05) is 6.54 Å². The van der Waals surface area contributed by atoms with Crippen LogP contribution < -0.4 is 11.0 Å². The van der Waals surface area contributed by atoms with Crippen LogP contribution in [0, 0.1) is 0 Å². The zero-order chi connectivity index (χ0) is 21.3. The van der Waals surface area contributed by atoms with Crippen LogP contribution in [0.1, 0.15) is 51.9 Å². The van der Waals surface area contributed by atoms with Gasteiger partial charge in [0.05, 0.1) is 10.4 Å². The number of benzene rings is 1. The predicted octanol–water partition coefficient (Wildman–Crippen LogP) is 2.02. The second kappa shape index (κ2) is 8.47. The molecule has 1 N–H and O–H groups in total. The monoisotopic (exact) mass is 432 g/mol. The third-order valence-corrected chi connectivity index (χ3v) is 8.21. The van der Waals surface area contributed by atoms with Crippen molar-refractivity contribution < 1.29 is 13.2 Å². The van der Waals surface area contributed by atoms with Crippen LogP contribution in [0.2, 0.25) is 0 Å². The van der Waals surface area contributed by atoms with Crippen LogP contribution in [0.3, 0.4) is 0 Å². The molecule has 9 heteroatoms. The average Bonchev–Trinajstić information content (AvgIpc) is 3.23. The second-order valence-electron chi connectivity index (χ2n) is 8.36. The Morgan fingerprint density at radius 3 is 2.63 bits per heavy atom. The van der Waals surface area contributed by atoms with E-state index in [1.54, 1.807) is 16.4 Å². The number of sulfonamides is 1. The minimum atomic E-state index is -3.63. The third-order valence-electron chi connectivity index (χ3n) is 6.21. The minimum absolute atomic E-state index is 0.0363. The molecule has 0 radical (unpaired) electrons. The largest absolute Gasteiger partial charge is 0.352 e. The van der Waals surface area contributed by atoms with Gasteiger partial charge in [-0.25, -0.2) is 18.2 Å². The highest BCUT2D eigenvalue weighted by molar-refractivity contribution is 7.89. The normalized spacial score (nSPS) is 21.2. The number of aromatic nitrogens is 2. The van der Waals surface area contributed by atoms with Gasteiger partial charge in [0.15, 0.2) is 0 Å². The van der Waals surface area contributed by atoms with Gasteiger partial charge in [0, 0.05) is 30.2 Å². The van der Waals surface area contributed by atoms with Crippen molar-refractivity contribution in [3.8, 4) is 0 Å². The highest BCUT2D eigenvalue weighted by Gasteiger charge is 2.31. The summed E-state index contributed by atoms with van der Waals surface area (Å²) < 4.78 is 29.1. The van der Waals surface area contributed by atoms with Gasteiger partial charge in [-0.3, -0.25) is 9.36 Å². The van der Waals surface area contributed by atoms with E-state index in [-0.39, 0.29) is 29.4 Å². The average molecular weight is 433 g/mol. The van der Waals surface area contributed by atoms with E-state index in [4.69, 9.17) is 0 Å².